The van der Waals surface area contributed by atoms with Crippen molar-refractivity contribution in [3.8, 4) is 0 Å². The topological polar surface area (TPSA) is 79.5 Å². The molecule has 3 rings (SSSR count). The van der Waals surface area contributed by atoms with E-state index in [1.165, 1.54) is 0 Å². The van der Waals surface area contributed by atoms with E-state index >= 15 is 0 Å². The van der Waals surface area contributed by atoms with Gasteiger partial charge in [0.15, 0.2) is 0 Å². The maximum Gasteiger partial charge on any atom is 0.308 e. The van der Waals surface area contributed by atoms with Crippen LogP contribution in [-0.4, -0.2) is 39.0 Å². The Kier molecular flexibility index (Phi) is 2.71. The lowest BCUT2D eigenvalue weighted by atomic mass is 9.81. The molecule has 1 aliphatic rings. The molecule has 2 aromatic rings. The van der Waals surface area contributed by atoms with E-state index < -0.39 is 5.97 Å². The third-order valence-electron chi connectivity index (χ3n) is 3.57. The molecule has 18 heavy (non-hydrogen) atoms. The molecule has 0 aromatic carbocycles. The summed E-state index contributed by atoms with van der Waals surface area (Å²) in [5, 5.41) is 20.3. The molecule has 1 aliphatic heterocycles. The van der Waals surface area contributed by atoms with Gasteiger partial charge in [-0.1, -0.05) is 11.3 Å². The van der Waals surface area contributed by atoms with Crippen molar-refractivity contribution in [3.63, 3.8) is 0 Å². The standard InChI is InChI=1S/C12H14N4O2/c17-12(18)10-6-13-4-3-8(10)9-2-1-5-16-11(9)7-14-15-16/h1-2,5,7-8,10,13H,3-4,6H2,(H,17,18). The number of carboxylic acid groups (broad SMARTS) is 1. The predicted molar refractivity (Wildman–Crippen MR) is 64.3 cm³/mol. The van der Waals surface area contributed by atoms with Crippen molar-refractivity contribution in [1.82, 2.24) is 20.1 Å². The SMILES string of the molecule is O=C(O)C1CNCCC1c1cccn2nncc12. The van der Waals surface area contributed by atoms with Gasteiger partial charge in [-0.05, 0) is 24.6 Å². The average Bonchev–Trinajstić information content (AvgIpc) is 2.86. The second kappa shape index (κ2) is 4.38. The number of aromatic nitrogens is 3. The smallest absolute Gasteiger partial charge is 0.308 e. The Balaban J connectivity index is 2.06. The van der Waals surface area contributed by atoms with Gasteiger partial charge < -0.3 is 10.4 Å². The number of rotatable bonds is 2. The molecule has 2 atom stereocenters. The van der Waals surface area contributed by atoms with Crippen molar-refractivity contribution < 1.29 is 9.90 Å². The zero-order valence-electron chi connectivity index (χ0n) is 9.78. The van der Waals surface area contributed by atoms with E-state index in [9.17, 15) is 9.90 Å². The first-order valence-electron chi connectivity index (χ1n) is 6.00. The molecule has 0 aliphatic carbocycles. The summed E-state index contributed by atoms with van der Waals surface area (Å²) >= 11 is 0. The minimum absolute atomic E-state index is 0.0194. The number of piperidine rings is 1. The number of hydrogen-bond acceptors (Lipinski definition) is 4. The van der Waals surface area contributed by atoms with Crippen LogP contribution in [0.5, 0.6) is 0 Å². The van der Waals surface area contributed by atoms with Crippen molar-refractivity contribution in [3.05, 3.63) is 30.1 Å². The zero-order valence-corrected chi connectivity index (χ0v) is 9.78. The third kappa shape index (κ3) is 1.74. The molecule has 0 amide bonds. The van der Waals surface area contributed by atoms with E-state index in [1.54, 1.807) is 10.7 Å². The summed E-state index contributed by atoms with van der Waals surface area (Å²) in [6, 6.07) is 3.86. The van der Waals surface area contributed by atoms with Crippen molar-refractivity contribution in [2.24, 2.45) is 5.92 Å². The highest BCUT2D eigenvalue weighted by Crippen LogP contribution is 2.32. The Morgan fingerprint density at radius 3 is 3.28 bits per heavy atom. The maximum atomic E-state index is 11.3. The van der Waals surface area contributed by atoms with Crippen LogP contribution >= 0.6 is 0 Å². The van der Waals surface area contributed by atoms with Gasteiger partial charge in [-0.25, -0.2) is 4.52 Å². The second-order valence-electron chi connectivity index (χ2n) is 4.57. The van der Waals surface area contributed by atoms with Gasteiger partial charge in [0, 0.05) is 18.7 Å². The lowest BCUT2D eigenvalue weighted by molar-refractivity contribution is -0.142. The first-order valence-corrected chi connectivity index (χ1v) is 6.00. The summed E-state index contributed by atoms with van der Waals surface area (Å²) in [5.74, 6) is -1.12. The molecule has 0 bridgehead atoms. The number of fused-ring (bicyclic) bond motifs is 1. The highest BCUT2D eigenvalue weighted by molar-refractivity contribution is 5.73. The van der Waals surface area contributed by atoms with Crippen LogP contribution in [0.4, 0.5) is 0 Å². The summed E-state index contributed by atoms with van der Waals surface area (Å²) in [6.45, 7) is 1.36. The molecule has 1 fully saturated rings. The fourth-order valence-electron chi connectivity index (χ4n) is 2.68. The number of pyridine rings is 1. The number of hydrogen-bond donors (Lipinski definition) is 2. The molecule has 2 unspecified atom stereocenters. The Hall–Kier alpha value is -1.95. The van der Waals surface area contributed by atoms with Crippen molar-refractivity contribution in [2.75, 3.05) is 13.1 Å². The van der Waals surface area contributed by atoms with Crippen molar-refractivity contribution in [1.29, 1.82) is 0 Å². The lowest BCUT2D eigenvalue weighted by Crippen LogP contribution is -2.39. The molecular formula is C12H14N4O2. The molecule has 94 valence electrons. The van der Waals surface area contributed by atoms with E-state index in [0.717, 1.165) is 24.0 Å². The maximum absolute atomic E-state index is 11.3. The van der Waals surface area contributed by atoms with E-state index in [1.807, 2.05) is 18.3 Å². The minimum atomic E-state index is -0.748. The summed E-state index contributed by atoms with van der Waals surface area (Å²) in [6.07, 6.45) is 4.33. The van der Waals surface area contributed by atoms with Gasteiger partial charge in [-0.15, -0.1) is 5.10 Å². The molecule has 0 saturated carbocycles. The summed E-state index contributed by atoms with van der Waals surface area (Å²) in [5.41, 5.74) is 1.92. The van der Waals surface area contributed by atoms with Crippen LogP contribution in [0.15, 0.2) is 24.5 Å². The molecule has 0 radical (unpaired) electrons. The van der Waals surface area contributed by atoms with Gasteiger partial charge >= 0.3 is 5.97 Å². The van der Waals surface area contributed by atoms with Crippen LogP contribution in [0.2, 0.25) is 0 Å². The van der Waals surface area contributed by atoms with E-state index in [-0.39, 0.29) is 11.8 Å². The first kappa shape index (κ1) is 11.2. The third-order valence-corrected chi connectivity index (χ3v) is 3.57. The number of carbonyl (C=O) groups is 1. The second-order valence-corrected chi connectivity index (χ2v) is 4.57. The molecular weight excluding hydrogens is 232 g/mol. The van der Waals surface area contributed by atoms with E-state index in [0.29, 0.717) is 6.54 Å². The van der Waals surface area contributed by atoms with Crippen molar-refractivity contribution in [2.45, 2.75) is 12.3 Å². The van der Waals surface area contributed by atoms with Crippen molar-refractivity contribution >= 4 is 11.5 Å². The Morgan fingerprint density at radius 1 is 1.56 bits per heavy atom. The fourth-order valence-corrected chi connectivity index (χ4v) is 2.68. The minimum Gasteiger partial charge on any atom is -0.481 e. The first-order chi connectivity index (χ1) is 8.77. The van der Waals surface area contributed by atoms with Crippen LogP contribution in [-0.2, 0) is 4.79 Å². The fraction of sp³-hybridized carbons (Fsp3) is 0.417. The zero-order chi connectivity index (χ0) is 12.5. The highest BCUT2D eigenvalue weighted by atomic mass is 16.4. The largest absolute Gasteiger partial charge is 0.481 e. The van der Waals surface area contributed by atoms with Gasteiger partial charge in [0.1, 0.15) is 0 Å². The van der Waals surface area contributed by atoms with Crippen LogP contribution in [0.25, 0.3) is 5.52 Å². The van der Waals surface area contributed by atoms with Crippen LogP contribution < -0.4 is 5.32 Å². The number of aliphatic carboxylic acids is 1. The van der Waals surface area contributed by atoms with Crippen LogP contribution in [0.3, 0.4) is 0 Å². The Bertz CT molecular complexity index is 580. The van der Waals surface area contributed by atoms with Gasteiger partial charge in [0.05, 0.1) is 17.6 Å². The molecule has 2 aromatic heterocycles. The normalized spacial score (nSPS) is 24.2. The summed E-state index contributed by atoms with van der Waals surface area (Å²) in [4.78, 5) is 11.3. The molecule has 2 N–H and O–H groups in total. The van der Waals surface area contributed by atoms with Crippen LogP contribution in [0, 0.1) is 5.92 Å². The van der Waals surface area contributed by atoms with Crippen LogP contribution in [0.1, 0.15) is 17.9 Å². The molecule has 6 nitrogen and oxygen atoms in total. The molecule has 3 heterocycles. The molecule has 0 spiro atoms. The monoisotopic (exact) mass is 246 g/mol. The van der Waals surface area contributed by atoms with Gasteiger partial charge in [0.2, 0.25) is 0 Å². The lowest BCUT2D eigenvalue weighted by Gasteiger charge is -2.29. The van der Waals surface area contributed by atoms with E-state index in [2.05, 4.69) is 15.6 Å². The number of carboxylic acids is 1. The Labute approximate surface area is 104 Å². The molecule has 1 saturated heterocycles. The summed E-state index contributed by atoms with van der Waals surface area (Å²) < 4.78 is 1.69. The highest BCUT2D eigenvalue weighted by Gasteiger charge is 2.32. The van der Waals surface area contributed by atoms with Gasteiger partial charge in [-0.3, -0.25) is 4.79 Å². The van der Waals surface area contributed by atoms with Gasteiger partial charge in [-0.2, -0.15) is 0 Å². The Morgan fingerprint density at radius 2 is 2.44 bits per heavy atom. The number of nitrogens with one attached hydrogen (secondary N) is 1. The predicted octanol–water partition coefficient (Wildman–Crippen LogP) is 0.507. The van der Waals surface area contributed by atoms with Gasteiger partial charge in [0.25, 0.3) is 0 Å². The quantitative estimate of drug-likeness (QED) is 0.807. The molecule has 6 heteroatoms. The van der Waals surface area contributed by atoms with E-state index in [4.69, 9.17) is 0 Å². The summed E-state index contributed by atoms with van der Waals surface area (Å²) in [7, 11) is 0. The average molecular weight is 246 g/mol. The number of nitrogens with zero attached hydrogens (tertiary/aromatic N) is 3.